The minimum Gasteiger partial charge on any atom is -0.385 e. The Morgan fingerprint density at radius 2 is 2.06 bits per heavy atom. The van der Waals surface area contributed by atoms with Gasteiger partial charge in [0.2, 0.25) is 0 Å². The molecule has 3 heteroatoms. The average molecular weight is 256 g/mol. The van der Waals surface area contributed by atoms with Crippen LogP contribution in [-0.4, -0.2) is 49.8 Å². The Kier molecular flexibility index (Phi) is 7.20. The number of methoxy groups -OCH3 is 1. The van der Waals surface area contributed by atoms with Crippen LogP contribution in [-0.2, 0) is 4.74 Å². The lowest BCUT2D eigenvalue weighted by atomic mass is 9.95. The lowest BCUT2D eigenvalue weighted by Gasteiger charge is -2.45. The van der Waals surface area contributed by atoms with E-state index in [0.717, 1.165) is 19.6 Å². The van der Waals surface area contributed by atoms with Crippen LogP contribution in [0.1, 0.15) is 47.0 Å². The third kappa shape index (κ3) is 4.52. The zero-order chi connectivity index (χ0) is 13.5. The summed E-state index contributed by atoms with van der Waals surface area (Å²) in [6, 6.07) is 1.98. The molecular formula is C15H32N2O. The zero-order valence-electron chi connectivity index (χ0n) is 12.9. The van der Waals surface area contributed by atoms with Gasteiger partial charge in [-0.15, -0.1) is 0 Å². The third-order valence-electron chi connectivity index (χ3n) is 4.22. The maximum atomic E-state index is 5.23. The molecule has 0 radical (unpaired) electrons. The molecule has 3 atom stereocenters. The van der Waals surface area contributed by atoms with Crippen molar-refractivity contribution in [2.45, 2.75) is 65.1 Å². The summed E-state index contributed by atoms with van der Waals surface area (Å²) in [6.07, 6.45) is 3.71. The van der Waals surface area contributed by atoms with E-state index in [2.05, 4.69) is 37.9 Å². The summed E-state index contributed by atoms with van der Waals surface area (Å²) in [4.78, 5) is 2.71. The van der Waals surface area contributed by atoms with Crippen LogP contribution < -0.4 is 5.32 Å². The van der Waals surface area contributed by atoms with E-state index >= 15 is 0 Å². The van der Waals surface area contributed by atoms with Crippen molar-refractivity contribution in [3.05, 3.63) is 0 Å². The van der Waals surface area contributed by atoms with Gasteiger partial charge in [-0.2, -0.15) is 0 Å². The van der Waals surface area contributed by atoms with Gasteiger partial charge in [-0.05, 0) is 25.7 Å². The Balaban J connectivity index is 2.59. The normalized spacial score (nSPS) is 27.7. The maximum Gasteiger partial charge on any atom is 0.0477 e. The fourth-order valence-electron chi connectivity index (χ4n) is 2.89. The monoisotopic (exact) mass is 256 g/mol. The van der Waals surface area contributed by atoms with E-state index in [1.165, 1.54) is 19.4 Å². The predicted octanol–water partition coefficient (Wildman–Crippen LogP) is 2.51. The van der Waals surface area contributed by atoms with Crippen LogP contribution in [0.15, 0.2) is 0 Å². The lowest BCUT2D eigenvalue weighted by molar-refractivity contribution is 0.0542. The number of hydrogen-bond acceptors (Lipinski definition) is 3. The van der Waals surface area contributed by atoms with Crippen LogP contribution >= 0.6 is 0 Å². The molecule has 1 rings (SSSR count). The molecule has 1 fully saturated rings. The van der Waals surface area contributed by atoms with E-state index < -0.39 is 0 Å². The Morgan fingerprint density at radius 1 is 1.33 bits per heavy atom. The first-order chi connectivity index (χ1) is 8.60. The van der Waals surface area contributed by atoms with E-state index in [4.69, 9.17) is 4.74 Å². The van der Waals surface area contributed by atoms with Gasteiger partial charge in [0.25, 0.3) is 0 Å². The standard InChI is InChI=1S/C15H32N2O/c1-6-7-14-10-16-15(12(2)3)11-17(14)13(4)8-9-18-5/h12-16H,6-11H2,1-5H3. The van der Waals surface area contributed by atoms with Gasteiger partial charge in [0.05, 0.1) is 0 Å². The van der Waals surface area contributed by atoms with Gasteiger partial charge in [-0.25, -0.2) is 0 Å². The lowest BCUT2D eigenvalue weighted by Crippen LogP contribution is -2.60. The molecule has 1 aliphatic rings. The summed E-state index contributed by atoms with van der Waals surface area (Å²) in [5.74, 6) is 0.713. The number of hydrogen-bond donors (Lipinski definition) is 1. The summed E-state index contributed by atoms with van der Waals surface area (Å²) in [6.45, 7) is 12.5. The van der Waals surface area contributed by atoms with Gasteiger partial charge in [-0.3, -0.25) is 4.90 Å². The van der Waals surface area contributed by atoms with Crippen molar-refractivity contribution in [3.63, 3.8) is 0 Å². The van der Waals surface area contributed by atoms with Gasteiger partial charge < -0.3 is 10.1 Å². The Hall–Kier alpha value is -0.120. The summed E-state index contributed by atoms with van der Waals surface area (Å²) in [5, 5.41) is 3.72. The highest BCUT2D eigenvalue weighted by atomic mass is 16.5. The maximum absolute atomic E-state index is 5.23. The van der Waals surface area contributed by atoms with E-state index in [1.807, 2.05) is 0 Å². The molecule has 18 heavy (non-hydrogen) atoms. The minimum atomic E-state index is 0.629. The molecule has 3 unspecified atom stereocenters. The average Bonchev–Trinajstić information content (AvgIpc) is 2.36. The third-order valence-corrected chi connectivity index (χ3v) is 4.22. The highest BCUT2D eigenvalue weighted by Gasteiger charge is 2.31. The van der Waals surface area contributed by atoms with Crippen LogP contribution in [0.4, 0.5) is 0 Å². The van der Waals surface area contributed by atoms with Crippen molar-refractivity contribution in [2.24, 2.45) is 5.92 Å². The highest BCUT2D eigenvalue weighted by molar-refractivity contribution is 4.89. The summed E-state index contributed by atoms with van der Waals surface area (Å²) in [7, 11) is 1.80. The van der Waals surface area contributed by atoms with Crippen LogP contribution in [0.3, 0.4) is 0 Å². The number of nitrogens with zero attached hydrogens (tertiary/aromatic N) is 1. The quantitative estimate of drug-likeness (QED) is 0.757. The molecule has 0 saturated carbocycles. The summed E-state index contributed by atoms with van der Waals surface area (Å²) >= 11 is 0. The summed E-state index contributed by atoms with van der Waals surface area (Å²) in [5.41, 5.74) is 0. The Labute approximate surface area is 113 Å². The molecule has 0 aromatic heterocycles. The second kappa shape index (κ2) is 8.13. The van der Waals surface area contributed by atoms with E-state index in [9.17, 15) is 0 Å². The molecule has 0 bridgehead atoms. The van der Waals surface area contributed by atoms with Crippen molar-refractivity contribution >= 4 is 0 Å². The van der Waals surface area contributed by atoms with Crippen molar-refractivity contribution in [1.82, 2.24) is 10.2 Å². The molecule has 0 aromatic rings. The fraction of sp³-hybridized carbons (Fsp3) is 1.00. The zero-order valence-corrected chi connectivity index (χ0v) is 12.9. The van der Waals surface area contributed by atoms with Crippen molar-refractivity contribution in [2.75, 3.05) is 26.8 Å². The molecule has 1 N–H and O–H groups in total. The van der Waals surface area contributed by atoms with Crippen LogP contribution in [0.2, 0.25) is 0 Å². The van der Waals surface area contributed by atoms with Crippen LogP contribution in [0.5, 0.6) is 0 Å². The van der Waals surface area contributed by atoms with Crippen LogP contribution in [0, 0.1) is 5.92 Å². The summed E-state index contributed by atoms with van der Waals surface area (Å²) < 4.78 is 5.23. The second-order valence-electron chi connectivity index (χ2n) is 6.03. The highest BCUT2D eigenvalue weighted by Crippen LogP contribution is 2.20. The van der Waals surface area contributed by atoms with Gasteiger partial charge >= 0.3 is 0 Å². The molecular weight excluding hydrogens is 224 g/mol. The molecule has 108 valence electrons. The van der Waals surface area contributed by atoms with Crippen molar-refractivity contribution in [3.8, 4) is 0 Å². The fourth-order valence-corrected chi connectivity index (χ4v) is 2.89. The Morgan fingerprint density at radius 3 is 2.61 bits per heavy atom. The smallest absolute Gasteiger partial charge is 0.0477 e. The number of nitrogens with one attached hydrogen (secondary N) is 1. The molecule has 0 aromatic carbocycles. The number of rotatable bonds is 7. The largest absolute Gasteiger partial charge is 0.385 e. The molecule has 0 amide bonds. The van der Waals surface area contributed by atoms with E-state index in [0.29, 0.717) is 24.0 Å². The minimum absolute atomic E-state index is 0.629. The number of piperazine rings is 1. The molecule has 1 saturated heterocycles. The number of ether oxygens (including phenoxy) is 1. The second-order valence-corrected chi connectivity index (χ2v) is 6.03. The van der Waals surface area contributed by atoms with Gasteiger partial charge in [-0.1, -0.05) is 27.2 Å². The first-order valence-corrected chi connectivity index (χ1v) is 7.58. The van der Waals surface area contributed by atoms with E-state index in [1.54, 1.807) is 7.11 Å². The first kappa shape index (κ1) is 15.9. The van der Waals surface area contributed by atoms with Gasteiger partial charge in [0, 0.05) is 44.9 Å². The van der Waals surface area contributed by atoms with Gasteiger partial charge in [0.15, 0.2) is 0 Å². The molecule has 0 spiro atoms. The first-order valence-electron chi connectivity index (χ1n) is 7.58. The molecule has 1 aliphatic heterocycles. The van der Waals surface area contributed by atoms with Crippen molar-refractivity contribution in [1.29, 1.82) is 0 Å². The topological polar surface area (TPSA) is 24.5 Å². The SMILES string of the molecule is CCCC1CNC(C(C)C)CN1C(C)CCOC. The molecule has 3 nitrogen and oxygen atoms in total. The van der Waals surface area contributed by atoms with E-state index in [-0.39, 0.29) is 0 Å². The van der Waals surface area contributed by atoms with Gasteiger partial charge in [0.1, 0.15) is 0 Å². The molecule has 1 heterocycles. The van der Waals surface area contributed by atoms with Crippen LogP contribution in [0.25, 0.3) is 0 Å². The Bertz CT molecular complexity index is 221. The van der Waals surface area contributed by atoms with Crippen molar-refractivity contribution < 1.29 is 4.74 Å². The molecule has 0 aliphatic carbocycles. The predicted molar refractivity (Wildman–Crippen MR) is 78.0 cm³/mol.